The van der Waals surface area contributed by atoms with Crippen molar-refractivity contribution < 1.29 is 9.59 Å². The van der Waals surface area contributed by atoms with Crippen LogP contribution in [-0.2, 0) is 18.4 Å². The van der Waals surface area contributed by atoms with E-state index in [0.717, 1.165) is 17.7 Å². The first-order chi connectivity index (χ1) is 12.8. The summed E-state index contributed by atoms with van der Waals surface area (Å²) in [4.78, 5) is 38.8. The standard InChI is InChI=1S/C19H20ClN3O3S/c1-11-21-23(19(26)22(11)2)10-12-9-13(20)7-8-14(12)18(25)17-15(24)5-4-6-16(17)27-3/h7-9H,4-6,10H2,1-3H3. The third-order valence-corrected chi connectivity index (χ3v) is 5.87. The number of carbonyl (C=O) groups is 2. The second-order valence-corrected chi connectivity index (χ2v) is 7.79. The highest BCUT2D eigenvalue weighted by Crippen LogP contribution is 2.32. The molecule has 8 heteroatoms. The van der Waals surface area contributed by atoms with E-state index in [0.29, 0.717) is 28.4 Å². The predicted octanol–water partition coefficient (Wildman–Crippen LogP) is 3.14. The Morgan fingerprint density at radius 2 is 2.04 bits per heavy atom. The zero-order chi connectivity index (χ0) is 19.7. The van der Waals surface area contributed by atoms with Gasteiger partial charge in [0.1, 0.15) is 5.82 Å². The first-order valence-electron chi connectivity index (χ1n) is 8.57. The van der Waals surface area contributed by atoms with Crippen molar-refractivity contribution in [1.29, 1.82) is 0 Å². The van der Waals surface area contributed by atoms with Gasteiger partial charge in [0.15, 0.2) is 11.6 Å². The van der Waals surface area contributed by atoms with E-state index in [9.17, 15) is 14.4 Å². The largest absolute Gasteiger partial charge is 0.345 e. The van der Waals surface area contributed by atoms with Crippen LogP contribution in [0.3, 0.4) is 0 Å². The Balaban J connectivity index is 2.07. The summed E-state index contributed by atoms with van der Waals surface area (Å²) in [7, 11) is 1.64. The van der Waals surface area contributed by atoms with Gasteiger partial charge in [-0.05, 0) is 54.7 Å². The molecule has 0 bridgehead atoms. The van der Waals surface area contributed by atoms with Gasteiger partial charge < -0.3 is 0 Å². The first kappa shape index (κ1) is 19.6. The highest BCUT2D eigenvalue weighted by Gasteiger charge is 2.28. The second kappa shape index (κ2) is 7.86. The number of rotatable bonds is 5. The summed E-state index contributed by atoms with van der Waals surface area (Å²) in [6, 6.07) is 4.89. The van der Waals surface area contributed by atoms with E-state index in [-0.39, 0.29) is 29.4 Å². The molecule has 1 aliphatic rings. The van der Waals surface area contributed by atoms with Gasteiger partial charge in [0, 0.05) is 24.1 Å². The Morgan fingerprint density at radius 3 is 2.67 bits per heavy atom. The van der Waals surface area contributed by atoms with Crippen LogP contribution in [0.15, 0.2) is 33.5 Å². The summed E-state index contributed by atoms with van der Waals surface area (Å²) in [5, 5.41) is 4.68. The van der Waals surface area contributed by atoms with Crippen molar-refractivity contribution in [3.05, 3.63) is 61.1 Å². The SMILES string of the molecule is CSC1=C(C(=O)c2ccc(Cl)cc2Cn2nc(C)n(C)c2=O)C(=O)CCC1. The minimum Gasteiger partial charge on any atom is -0.294 e. The molecule has 1 aliphatic carbocycles. The van der Waals surface area contributed by atoms with Crippen LogP contribution in [0.1, 0.15) is 41.0 Å². The summed E-state index contributed by atoms with van der Waals surface area (Å²) < 4.78 is 2.73. The minimum absolute atomic E-state index is 0.109. The quantitative estimate of drug-likeness (QED) is 0.564. The van der Waals surface area contributed by atoms with Crippen LogP contribution >= 0.6 is 23.4 Å². The molecule has 2 aromatic rings. The molecular formula is C19H20ClN3O3S. The maximum Gasteiger partial charge on any atom is 0.345 e. The Hall–Kier alpha value is -2.12. The summed E-state index contributed by atoms with van der Waals surface area (Å²) in [5.41, 5.74) is 0.941. The molecule has 1 aromatic heterocycles. The lowest BCUT2D eigenvalue weighted by atomic mass is 9.90. The molecule has 0 saturated carbocycles. The highest BCUT2D eigenvalue weighted by atomic mass is 35.5. The van der Waals surface area contributed by atoms with Gasteiger partial charge in [0.05, 0.1) is 12.1 Å². The fourth-order valence-corrected chi connectivity index (χ4v) is 4.14. The number of Topliss-reactive ketones (excluding diaryl/α,β-unsaturated/α-hetero) is 2. The third-order valence-electron chi connectivity index (χ3n) is 4.73. The van der Waals surface area contributed by atoms with Crippen molar-refractivity contribution in [3.63, 3.8) is 0 Å². The maximum absolute atomic E-state index is 13.2. The smallest absolute Gasteiger partial charge is 0.294 e. The number of thioether (sulfide) groups is 1. The van der Waals surface area contributed by atoms with Crippen LogP contribution < -0.4 is 5.69 Å². The van der Waals surface area contributed by atoms with Gasteiger partial charge in [0.25, 0.3) is 0 Å². The molecule has 142 valence electrons. The van der Waals surface area contributed by atoms with Gasteiger partial charge in [-0.15, -0.1) is 11.8 Å². The van der Waals surface area contributed by atoms with E-state index >= 15 is 0 Å². The van der Waals surface area contributed by atoms with Crippen molar-refractivity contribution in [1.82, 2.24) is 14.3 Å². The first-order valence-corrected chi connectivity index (χ1v) is 10.2. The van der Waals surface area contributed by atoms with Gasteiger partial charge in [-0.2, -0.15) is 5.10 Å². The van der Waals surface area contributed by atoms with Crippen molar-refractivity contribution in [2.75, 3.05) is 6.26 Å². The van der Waals surface area contributed by atoms with Crippen LogP contribution in [-0.4, -0.2) is 32.2 Å². The molecule has 0 atom stereocenters. The van der Waals surface area contributed by atoms with Gasteiger partial charge in [0.2, 0.25) is 0 Å². The van der Waals surface area contributed by atoms with Gasteiger partial charge in [-0.1, -0.05) is 11.6 Å². The van der Waals surface area contributed by atoms with E-state index in [1.165, 1.54) is 21.0 Å². The van der Waals surface area contributed by atoms with Gasteiger partial charge in [-0.25, -0.2) is 9.48 Å². The molecule has 0 unspecified atom stereocenters. The van der Waals surface area contributed by atoms with Crippen molar-refractivity contribution in [2.45, 2.75) is 32.7 Å². The summed E-state index contributed by atoms with van der Waals surface area (Å²) in [5.74, 6) is 0.142. The molecular weight excluding hydrogens is 386 g/mol. The molecule has 0 radical (unpaired) electrons. The fourth-order valence-electron chi connectivity index (χ4n) is 3.18. The van der Waals surface area contributed by atoms with E-state index in [1.54, 1.807) is 32.2 Å². The molecule has 0 saturated heterocycles. The predicted molar refractivity (Wildman–Crippen MR) is 106 cm³/mol. The van der Waals surface area contributed by atoms with Gasteiger partial charge >= 0.3 is 5.69 Å². The number of aryl methyl sites for hydroxylation is 1. The number of benzene rings is 1. The van der Waals surface area contributed by atoms with E-state index < -0.39 is 0 Å². The third kappa shape index (κ3) is 3.80. The zero-order valence-electron chi connectivity index (χ0n) is 15.4. The zero-order valence-corrected chi connectivity index (χ0v) is 17.0. The second-order valence-electron chi connectivity index (χ2n) is 6.46. The molecule has 0 spiro atoms. The Morgan fingerprint density at radius 1 is 1.30 bits per heavy atom. The van der Waals surface area contributed by atoms with Gasteiger partial charge in [-0.3, -0.25) is 14.2 Å². The topological polar surface area (TPSA) is 74.0 Å². The van der Waals surface area contributed by atoms with Crippen molar-refractivity contribution in [2.24, 2.45) is 7.05 Å². The van der Waals surface area contributed by atoms with Crippen molar-refractivity contribution in [3.8, 4) is 0 Å². The Labute approximate surface area is 166 Å². The molecule has 0 aliphatic heterocycles. The number of carbonyl (C=O) groups excluding carboxylic acids is 2. The number of halogens is 1. The number of ketones is 2. The average molecular weight is 406 g/mol. The highest BCUT2D eigenvalue weighted by molar-refractivity contribution is 8.02. The fraction of sp³-hybridized carbons (Fsp3) is 0.368. The van der Waals surface area contributed by atoms with E-state index in [2.05, 4.69) is 5.10 Å². The normalized spacial score (nSPS) is 14.7. The van der Waals surface area contributed by atoms with Crippen molar-refractivity contribution >= 4 is 34.9 Å². The molecule has 0 fully saturated rings. The molecule has 6 nitrogen and oxygen atoms in total. The number of hydrogen-bond acceptors (Lipinski definition) is 5. The molecule has 0 N–H and O–H groups in total. The summed E-state index contributed by atoms with van der Waals surface area (Å²) in [6.45, 7) is 1.84. The van der Waals surface area contributed by atoms with Crippen LogP contribution in [0, 0.1) is 6.92 Å². The summed E-state index contributed by atoms with van der Waals surface area (Å²) >= 11 is 7.57. The Kier molecular flexibility index (Phi) is 5.72. The van der Waals surface area contributed by atoms with E-state index in [1.807, 2.05) is 6.26 Å². The molecule has 0 amide bonds. The number of allylic oxidation sites excluding steroid dienone is 2. The number of nitrogens with zero attached hydrogens (tertiary/aromatic N) is 3. The number of aromatic nitrogens is 3. The van der Waals surface area contributed by atoms with Crippen LogP contribution in [0.4, 0.5) is 0 Å². The lowest BCUT2D eigenvalue weighted by Crippen LogP contribution is -2.25. The summed E-state index contributed by atoms with van der Waals surface area (Å²) in [6.07, 6.45) is 3.75. The minimum atomic E-state index is -0.309. The average Bonchev–Trinajstić information content (AvgIpc) is 2.88. The molecule has 27 heavy (non-hydrogen) atoms. The molecule has 3 rings (SSSR count). The monoisotopic (exact) mass is 405 g/mol. The maximum atomic E-state index is 13.2. The van der Waals surface area contributed by atoms with Crippen LogP contribution in [0.25, 0.3) is 0 Å². The van der Waals surface area contributed by atoms with Crippen LogP contribution in [0.5, 0.6) is 0 Å². The Bertz CT molecular complexity index is 1020. The molecule has 1 heterocycles. The lowest BCUT2D eigenvalue weighted by Gasteiger charge is -2.18. The lowest BCUT2D eigenvalue weighted by molar-refractivity contribution is -0.115. The number of hydrogen-bond donors (Lipinski definition) is 0. The van der Waals surface area contributed by atoms with E-state index in [4.69, 9.17) is 11.6 Å². The molecule has 1 aromatic carbocycles. The van der Waals surface area contributed by atoms with Crippen LogP contribution in [0.2, 0.25) is 5.02 Å².